The molecular weight excluding hydrogens is 240 g/mol. The zero-order valence-corrected chi connectivity index (χ0v) is 9.91. The van der Waals surface area contributed by atoms with Gasteiger partial charge in [-0.1, -0.05) is 6.08 Å². The molecule has 92 valence electrons. The molecule has 0 atom stereocenters. The number of hydrogen-bond acceptors (Lipinski definition) is 4. The van der Waals surface area contributed by atoms with E-state index in [0.29, 0.717) is 11.3 Å². The largest absolute Gasteiger partial charge is 0.506 e. The van der Waals surface area contributed by atoms with E-state index in [9.17, 15) is 10.4 Å². The number of H-pyrrole nitrogens is 1. The van der Waals surface area contributed by atoms with Gasteiger partial charge in [0.15, 0.2) is 0 Å². The second-order valence-electron chi connectivity index (χ2n) is 4.06. The van der Waals surface area contributed by atoms with Crippen LogP contribution in [0, 0.1) is 11.3 Å². The lowest BCUT2D eigenvalue weighted by Crippen LogP contribution is -2.09. The molecule has 2 aromatic rings. The van der Waals surface area contributed by atoms with E-state index >= 15 is 0 Å². The molecular formula is C14H10N4O. The van der Waals surface area contributed by atoms with E-state index in [4.69, 9.17) is 0 Å². The summed E-state index contributed by atoms with van der Waals surface area (Å²) in [6, 6.07) is 5.71. The molecule has 0 amide bonds. The topological polar surface area (TPSA) is 75.9 Å². The number of rotatable bonds is 1. The second kappa shape index (κ2) is 4.35. The molecule has 0 saturated heterocycles. The fourth-order valence-corrected chi connectivity index (χ4v) is 1.95. The second-order valence-corrected chi connectivity index (χ2v) is 4.06. The van der Waals surface area contributed by atoms with Crippen molar-refractivity contribution in [2.24, 2.45) is 0 Å². The Bertz CT molecular complexity index is 761. The van der Waals surface area contributed by atoms with Crippen LogP contribution in [0.5, 0.6) is 0 Å². The summed E-state index contributed by atoms with van der Waals surface area (Å²) < 4.78 is 0. The molecule has 0 radical (unpaired) electrons. The summed E-state index contributed by atoms with van der Waals surface area (Å²) in [6.45, 7) is 0. The van der Waals surface area contributed by atoms with Crippen molar-refractivity contribution < 1.29 is 5.11 Å². The van der Waals surface area contributed by atoms with Crippen LogP contribution < -0.4 is 4.90 Å². The third kappa shape index (κ3) is 1.96. The lowest BCUT2D eigenvalue weighted by atomic mass is 10.1. The normalized spacial score (nSPS) is 14.3. The van der Waals surface area contributed by atoms with Gasteiger partial charge in [-0.15, -0.1) is 0 Å². The van der Waals surface area contributed by atoms with E-state index in [0.717, 1.165) is 11.0 Å². The standard InChI is InChI=1S/C14H10N4O/c15-7-10-5-12-13(17-9-16-12)6-14(10)18-4-2-1-3-11(19)8-18/h1-6,8-9,19H,(H,16,17). The van der Waals surface area contributed by atoms with E-state index in [2.05, 4.69) is 16.0 Å². The average molecular weight is 250 g/mol. The highest BCUT2D eigenvalue weighted by Crippen LogP contribution is 2.26. The summed E-state index contributed by atoms with van der Waals surface area (Å²) >= 11 is 0. The Labute approximate surface area is 109 Å². The molecule has 1 aromatic carbocycles. The first kappa shape index (κ1) is 11.1. The average Bonchev–Trinajstić information content (AvgIpc) is 2.77. The minimum atomic E-state index is 0.121. The fourth-order valence-electron chi connectivity index (χ4n) is 1.95. The number of aromatic amines is 1. The maximum atomic E-state index is 9.65. The zero-order chi connectivity index (χ0) is 13.2. The number of allylic oxidation sites excluding steroid dienone is 3. The molecule has 1 aromatic heterocycles. The number of hydrogen-bond donors (Lipinski definition) is 2. The van der Waals surface area contributed by atoms with Gasteiger partial charge in [-0.3, -0.25) is 0 Å². The van der Waals surface area contributed by atoms with Crippen LogP contribution in [0.25, 0.3) is 11.0 Å². The first-order valence-corrected chi connectivity index (χ1v) is 5.69. The summed E-state index contributed by atoms with van der Waals surface area (Å²) in [5, 5.41) is 18.9. The van der Waals surface area contributed by atoms with Gasteiger partial charge in [-0.05, 0) is 24.3 Å². The Morgan fingerprint density at radius 2 is 2.21 bits per heavy atom. The smallest absolute Gasteiger partial charge is 0.132 e. The van der Waals surface area contributed by atoms with E-state index in [1.807, 2.05) is 6.07 Å². The van der Waals surface area contributed by atoms with Crippen LogP contribution in [0.4, 0.5) is 5.69 Å². The number of aromatic nitrogens is 2. The van der Waals surface area contributed by atoms with Crippen LogP contribution >= 0.6 is 0 Å². The quantitative estimate of drug-likeness (QED) is 0.815. The van der Waals surface area contributed by atoms with E-state index in [-0.39, 0.29) is 5.76 Å². The molecule has 2 heterocycles. The number of fused-ring (bicyclic) bond motifs is 1. The van der Waals surface area contributed by atoms with Gasteiger partial charge in [-0.25, -0.2) is 4.98 Å². The van der Waals surface area contributed by atoms with Gasteiger partial charge in [0.25, 0.3) is 0 Å². The number of nitriles is 1. The third-order valence-electron chi connectivity index (χ3n) is 2.83. The molecule has 5 heteroatoms. The van der Waals surface area contributed by atoms with E-state index < -0.39 is 0 Å². The monoisotopic (exact) mass is 250 g/mol. The predicted molar refractivity (Wildman–Crippen MR) is 72.3 cm³/mol. The van der Waals surface area contributed by atoms with Gasteiger partial charge in [0.05, 0.1) is 34.8 Å². The first-order chi connectivity index (χ1) is 9.28. The summed E-state index contributed by atoms with van der Waals surface area (Å²) in [5.41, 5.74) is 2.76. The Hall–Kier alpha value is -3.00. The van der Waals surface area contributed by atoms with Crippen molar-refractivity contribution in [1.82, 2.24) is 9.97 Å². The zero-order valence-electron chi connectivity index (χ0n) is 9.91. The lowest BCUT2D eigenvalue weighted by molar-refractivity contribution is 0.431. The number of nitrogens with one attached hydrogen (secondary N) is 1. The van der Waals surface area contributed by atoms with Gasteiger partial charge in [0, 0.05) is 6.20 Å². The highest BCUT2D eigenvalue weighted by Gasteiger charge is 2.11. The Balaban J connectivity index is 2.18. The number of nitrogens with zero attached hydrogens (tertiary/aromatic N) is 3. The van der Waals surface area contributed by atoms with Crippen molar-refractivity contribution in [2.75, 3.05) is 4.90 Å². The number of anilines is 1. The molecule has 0 unspecified atom stereocenters. The molecule has 19 heavy (non-hydrogen) atoms. The van der Waals surface area contributed by atoms with Crippen LogP contribution in [-0.4, -0.2) is 15.1 Å². The van der Waals surface area contributed by atoms with Crippen molar-refractivity contribution in [3.05, 3.63) is 60.4 Å². The molecule has 2 N–H and O–H groups in total. The van der Waals surface area contributed by atoms with E-state index in [1.165, 1.54) is 0 Å². The van der Waals surface area contributed by atoms with Crippen LogP contribution in [-0.2, 0) is 0 Å². The highest BCUT2D eigenvalue weighted by molar-refractivity contribution is 5.83. The first-order valence-electron chi connectivity index (χ1n) is 5.69. The summed E-state index contributed by atoms with van der Waals surface area (Å²) in [5.74, 6) is 0.121. The summed E-state index contributed by atoms with van der Waals surface area (Å²) in [4.78, 5) is 8.84. The molecule has 0 fully saturated rings. The SMILES string of the molecule is N#Cc1cc2[nH]cnc2cc1N1C=CC=CC(O)=C1. The Kier molecular flexibility index (Phi) is 2.54. The number of benzene rings is 1. The molecule has 0 saturated carbocycles. The molecule has 1 aliphatic heterocycles. The Morgan fingerprint density at radius 1 is 1.32 bits per heavy atom. The molecule has 1 aliphatic rings. The van der Waals surface area contributed by atoms with Crippen LogP contribution in [0.2, 0.25) is 0 Å². The number of aliphatic hydroxyl groups excluding tert-OH is 1. The van der Waals surface area contributed by atoms with Crippen molar-refractivity contribution in [1.29, 1.82) is 5.26 Å². The molecule has 0 aliphatic carbocycles. The van der Waals surface area contributed by atoms with Gasteiger partial charge in [-0.2, -0.15) is 5.26 Å². The molecule has 0 bridgehead atoms. The van der Waals surface area contributed by atoms with Crippen LogP contribution in [0.3, 0.4) is 0 Å². The molecule has 0 spiro atoms. The van der Waals surface area contributed by atoms with Gasteiger partial charge in [0.2, 0.25) is 0 Å². The van der Waals surface area contributed by atoms with Crippen molar-refractivity contribution in [2.45, 2.75) is 0 Å². The third-order valence-corrected chi connectivity index (χ3v) is 2.83. The van der Waals surface area contributed by atoms with Crippen molar-refractivity contribution in [3.63, 3.8) is 0 Å². The molecule has 5 nitrogen and oxygen atoms in total. The van der Waals surface area contributed by atoms with Crippen LogP contribution in [0.15, 0.2) is 54.8 Å². The van der Waals surface area contributed by atoms with Crippen LogP contribution in [0.1, 0.15) is 5.56 Å². The van der Waals surface area contributed by atoms with Crippen molar-refractivity contribution in [3.8, 4) is 6.07 Å². The van der Waals surface area contributed by atoms with Gasteiger partial charge in [0.1, 0.15) is 11.8 Å². The van der Waals surface area contributed by atoms with E-state index in [1.54, 1.807) is 47.9 Å². The van der Waals surface area contributed by atoms with Gasteiger partial charge < -0.3 is 15.0 Å². The molecule has 3 rings (SSSR count). The summed E-state index contributed by atoms with van der Waals surface area (Å²) in [7, 11) is 0. The minimum absolute atomic E-state index is 0.121. The highest BCUT2D eigenvalue weighted by atomic mass is 16.3. The minimum Gasteiger partial charge on any atom is -0.506 e. The lowest BCUT2D eigenvalue weighted by Gasteiger charge is -2.16. The summed E-state index contributed by atoms with van der Waals surface area (Å²) in [6.07, 6.45) is 10.0. The maximum Gasteiger partial charge on any atom is 0.132 e. The number of aliphatic hydroxyl groups is 1. The van der Waals surface area contributed by atoms with Gasteiger partial charge >= 0.3 is 0 Å². The fraction of sp³-hybridized carbons (Fsp3) is 0. The maximum absolute atomic E-state index is 9.65. The van der Waals surface area contributed by atoms with Crippen molar-refractivity contribution >= 4 is 16.7 Å². The predicted octanol–water partition coefficient (Wildman–Crippen LogP) is 2.72. The Morgan fingerprint density at radius 3 is 3.05 bits per heavy atom. The number of imidazole rings is 1.